The number of morpholine rings is 1. The van der Waals surface area contributed by atoms with E-state index in [0.717, 1.165) is 52.4 Å². The summed E-state index contributed by atoms with van der Waals surface area (Å²) in [5.41, 5.74) is 5.68. The first kappa shape index (κ1) is 26.7. The summed E-state index contributed by atoms with van der Waals surface area (Å²) in [4.78, 5) is 7.58. The van der Waals surface area contributed by atoms with Gasteiger partial charge in [-0.3, -0.25) is 4.90 Å². The molecule has 1 aliphatic rings. The maximum atomic E-state index is 5.63. The molecule has 0 aromatic heterocycles. The molecule has 0 radical (unpaired) electrons. The number of para-hydroxylation sites is 1. The number of hydrogen-bond acceptors (Lipinski definition) is 4. The minimum atomic E-state index is 0.501. The Hall–Kier alpha value is -1.88. The molecule has 0 aliphatic carbocycles. The molecular weight excluding hydrogens is 418 g/mol. The molecule has 188 valence electrons. The van der Waals surface area contributed by atoms with Gasteiger partial charge in [-0.2, -0.15) is 0 Å². The van der Waals surface area contributed by atoms with Crippen molar-refractivity contribution in [2.75, 3.05) is 51.8 Å². The van der Waals surface area contributed by atoms with Crippen LogP contribution in [0, 0.1) is 11.8 Å². The monoisotopic (exact) mass is 465 g/mol. The first-order chi connectivity index (χ1) is 16.3. The highest BCUT2D eigenvalue weighted by molar-refractivity contribution is 5.54. The standard InChI is InChI=1S/C30H47N3O/c1-24(2)18-26-10-9-11-27(20-26)21-33(29(19-25(3)4)23-31(5)6)22-28-12-7-8-13-30(28)32-14-16-34-17-15-32/h7-13,20,24-25,29H,14-19,21-23H2,1-6H3/t29-/m0/s1. The normalized spacial score (nSPS) is 15.6. The van der Waals surface area contributed by atoms with Gasteiger partial charge in [0.15, 0.2) is 0 Å². The first-order valence-corrected chi connectivity index (χ1v) is 13.2. The van der Waals surface area contributed by atoms with Gasteiger partial charge in [0.05, 0.1) is 13.2 Å². The molecule has 34 heavy (non-hydrogen) atoms. The van der Waals surface area contributed by atoms with E-state index in [4.69, 9.17) is 4.74 Å². The van der Waals surface area contributed by atoms with Crippen LogP contribution in [0.15, 0.2) is 48.5 Å². The summed E-state index contributed by atoms with van der Waals surface area (Å²) < 4.78 is 5.63. The predicted octanol–water partition coefficient (Wildman–Crippen LogP) is 5.70. The van der Waals surface area contributed by atoms with Crippen LogP contribution in [0.1, 0.15) is 50.8 Å². The van der Waals surface area contributed by atoms with Crippen LogP contribution in [0.25, 0.3) is 0 Å². The Labute approximate surface area is 208 Å². The number of benzene rings is 2. The number of anilines is 1. The Balaban J connectivity index is 1.90. The van der Waals surface area contributed by atoms with Gasteiger partial charge < -0.3 is 14.5 Å². The zero-order valence-electron chi connectivity index (χ0n) is 22.5. The Morgan fingerprint density at radius 3 is 2.24 bits per heavy atom. The second-order valence-electron chi connectivity index (χ2n) is 11.1. The molecule has 0 saturated carbocycles. The molecule has 0 spiro atoms. The molecule has 2 aromatic carbocycles. The lowest BCUT2D eigenvalue weighted by atomic mass is 9.98. The average Bonchev–Trinajstić information content (AvgIpc) is 2.78. The molecule has 1 heterocycles. The fraction of sp³-hybridized carbons (Fsp3) is 0.600. The zero-order valence-corrected chi connectivity index (χ0v) is 22.5. The number of nitrogens with zero attached hydrogens (tertiary/aromatic N) is 3. The SMILES string of the molecule is CC(C)Cc1cccc(CN(Cc2ccccc2N2CCOCC2)[C@@H](CC(C)C)CN(C)C)c1. The summed E-state index contributed by atoms with van der Waals surface area (Å²) in [6, 6.07) is 18.8. The van der Waals surface area contributed by atoms with E-state index >= 15 is 0 Å². The van der Waals surface area contributed by atoms with E-state index in [1.807, 2.05) is 0 Å². The molecular formula is C30H47N3O. The summed E-state index contributed by atoms with van der Waals surface area (Å²) in [5.74, 6) is 1.34. The minimum Gasteiger partial charge on any atom is -0.378 e. The van der Waals surface area contributed by atoms with Crippen molar-refractivity contribution in [2.45, 2.75) is 59.7 Å². The minimum absolute atomic E-state index is 0.501. The molecule has 3 rings (SSSR count). The van der Waals surface area contributed by atoms with E-state index in [-0.39, 0.29) is 0 Å². The van der Waals surface area contributed by atoms with Gasteiger partial charge in [0, 0.05) is 44.5 Å². The summed E-state index contributed by atoms with van der Waals surface area (Å²) in [5, 5.41) is 0. The van der Waals surface area contributed by atoms with Crippen molar-refractivity contribution < 1.29 is 4.74 Å². The molecule has 4 nitrogen and oxygen atoms in total. The molecule has 0 bridgehead atoms. The first-order valence-electron chi connectivity index (χ1n) is 13.2. The van der Waals surface area contributed by atoms with E-state index < -0.39 is 0 Å². The lowest BCUT2D eigenvalue weighted by molar-refractivity contribution is 0.120. The summed E-state index contributed by atoms with van der Waals surface area (Å²) in [6.07, 6.45) is 2.34. The lowest BCUT2D eigenvalue weighted by Gasteiger charge is -2.37. The van der Waals surface area contributed by atoms with Crippen molar-refractivity contribution in [3.63, 3.8) is 0 Å². The maximum Gasteiger partial charge on any atom is 0.0642 e. The summed E-state index contributed by atoms with van der Waals surface area (Å²) >= 11 is 0. The number of ether oxygens (including phenoxy) is 1. The Morgan fingerprint density at radius 2 is 1.56 bits per heavy atom. The van der Waals surface area contributed by atoms with Crippen LogP contribution >= 0.6 is 0 Å². The average molecular weight is 466 g/mol. The second-order valence-corrected chi connectivity index (χ2v) is 11.1. The Kier molecular flexibility index (Phi) is 10.4. The molecule has 0 N–H and O–H groups in total. The van der Waals surface area contributed by atoms with Gasteiger partial charge in [0.1, 0.15) is 0 Å². The van der Waals surface area contributed by atoms with Crippen LogP contribution < -0.4 is 4.90 Å². The van der Waals surface area contributed by atoms with Gasteiger partial charge in [0.25, 0.3) is 0 Å². The lowest BCUT2D eigenvalue weighted by Crippen LogP contribution is -2.43. The van der Waals surface area contributed by atoms with Crippen LogP contribution in [0.5, 0.6) is 0 Å². The third kappa shape index (κ3) is 8.41. The fourth-order valence-corrected chi connectivity index (χ4v) is 5.16. The van der Waals surface area contributed by atoms with Crippen molar-refractivity contribution >= 4 is 5.69 Å². The quantitative estimate of drug-likeness (QED) is 0.400. The molecule has 0 amide bonds. The predicted molar refractivity (Wildman–Crippen MR) is 146 cm³/mol. The highest BCUT2D eigenvalue weighted by Gasteiger charge is 2.23. The van der Waals surface area contributed by atoms with Gasteiger partial charge in [-0.15, -0.1) is 0 Å². The molecule has 2 aromatic rings. The Bertz CT molecular complexity index is 848. The van der Waals surface area contributed by atoms with Crippen molar-refractivity contribution in [1.82, 2.24) is 9.80 Å². The molecule has 1 aliphatic heterocycles. The smallest absolute Gasteiger partial charge is 0.0642 e. The molecule has 1 atom stereocenters. The number of hydrogen-bond donors (Lipinski definition) is 0. The highest BCUT2D eigenvalue weighted by atomic mass is 16.5. The summed E-state index contributed by atoms with van der Waals surface area (Å²) in [7, 11) is 4.41. The van der Waals surface area contributed by atoms with Crippen LogP contribution in [-0.2, 0) is 24.2 Å². The van der Waals surface area contributed by atoms with Crippen LogP contribution in [0.2, 0.25) is 0 Å². The molecule has 1 fully saturated rings. The van der Waals surface area contributed by atoms with E-state index in [9.17, 15) is 0 Å². The zero-order chi connectivity index (χ0) is 24.5. The summed E-state index contributed by atoms with van der Waals surface area (Å²) in [6.45, 7) is 15.9. The van der Waals surface area contributed by atoms with Gasteiger partial charge >= 0.3 is 0 Å². The van der Waals surface area contributed by atoms with Crippen molar-refractivity contribution in [3.05, 3.63) is 65.2 Å². The van der Waals surface area contributed by atoms with Crippen molar-refractivity contribution in [1.29, 1.82) is 0 Å². The number of rotatable bonds is 12. The largest absolute Gasteiger partial charge is 0.378 e. The van der Waals surface area contributed by atoms with Crippen LogP contribution in [-0.4, -0.2) is 62.8 Å². The van der Waals surface area contributed by atoms with E-state index in [1.54, 1.807) is 0 Å². The maximum absolute atomic E-state index is 5.63. The van der Waals surface area contributed by atoms with Gasteiger partial charge in [-0.05, 0) is 61.5 Å². The highest BCUT2D eigenvalue weighted by Crippen LogP contribution is 2.26. The van der Waals surface area contributed by atoms with E-state index in [2.05, 4.69) is 105 Å². The molecule has 1 saturated heterocycles. The fourth-order valence-electron chi connectivity index (χ4n) is 5.16. The van der Waals surface area contributed by atoms with Crippen molar-refractivity contribution in [3.8, 4) is 0 Å². The van der Waals surface area contributed by atoms with Crippen molar-refractivity contribution in [2.24, 2.45) is 11.8 Å². The van der Waals surface area contributed by atoms with E-state index in [1.165, 1.54) is 28.8 Å². The van der Waals surface area contributed by atoms with Gasteiger partial charge in [-0.1, -0.05) is 70.2 Å². The van der Waals surface area contributed by atoms with Gasteiger partial charge in [0.2, 0.25) is 0 Å². The molecule has 0 unspecified atom stereocenters. The third-order valence-electron chi connectivity index (χ3n) is 6.57. The second kappa shape index (κ2) is 13.3. The van der Waals surface area contributed by atoms with Crippen LogP contribution in [0.3, 0.4) is 0 Å². The number of likely N-dealkylation sites (N-methyl/N-ethyl adjacent to an activating group) is 1. The topological polar surface area (TPSA) is 19.0 Å². The van der Waals surface area contributed by atoms with Crippen LogP contribution in [0.4, 0.5) is 5.69 Å². The molecule has 4 heteroatoms. The van der Waals surface area contributed by atoms with Gasteiger partial charge in [-0.25, -0.2) is 0 Å². The third-order valence-corrected chi connectivity index (χ3v) is 6.57. The Morgan fingerprint density at radius 1 is 0.853 bits per heavy atom. The van der Waals surface area contributed by atoms with E-state index in [0.29, 0.717) is 17.9 Å².